The fourth-order valence-electron chi connectivity index (χ4n) is 2.32. The van der Waals surface area contributed by atoms with E-state index in [1.807, 2.05) is 38.1 Å². The quantitative estimate of drug-likeness (QED) is 0.584. The number of benzene rings is 1. The van der Waals surface area contributed by atoms with Crippen molar-refractivity contribution >= 4 is 18.4 Å². The summed E-state index contributed by atoms with van der Waals surface area (Å²) in [5.74, 6) is -1.21. The van der Waals surface area contributed by atoms with Gasteiger partial charge in [-0.3, -0.25) is 9.55 Å². The molecule has 0 radical (unpaired) electrons. The lowest BCUT2D eigenvalue weighted by Crippen LogP contribution is -2.16. The number of hydrogen-bond acceptors (Lipinski definition) is 5. The lowest BCUT2D eigenvalue weighted by molar-refractivity contribution is 0.212. The maximum Gasteiger partial charge on any atom is 0.264 e. The number of pyridine rings is 1. The van der Waals surface area contributed by atoms with Gasteiger partial charge in [0.25, 0.3) is 7.37 Å². The van der Waals surface area contributed by atoms with Gasteiger partial charge in [-0.1, -0.05) is 13.3 Å². The summed E-state index contributed by atoms with van der Waals surface area (Å²) < 4.78 is 19.3. The summed E-state index contributed by atoms with van der Waals surface area (Å²) in [4.78, 5) is 5.91. The predicted octanol–water partition coefficient (Wildman–Crippen LogP) is 3.56. The molecule has 0 saturated carbocycles. The van der Waals surface area contributed by atoms with Crippen LogP contribution in [0.1, 0.15) is 31.2 Å². The lowest BCUT2D eigenvalue weighted by Gasteiger charge is -2.25. The maximum absolute atomic E-state index is 13.6. The maximum atomic E-state index is 13.6. The monoisotopic (exact) mass is 348 g/mol. The Balaban J connectivity index is 2.37. The van der Waals surface area contributed by atoms with Crippen molar-refractivity contribution in [2.75, 3.05) is 25.6 Å². The van der Waals surface area contributed by atoms with E-state index in [-0.39, 0.29) is 0 Å². The minimum Gasteiger partial charge on any atom is -0.378 e. The third-order valence-corrected chi connectivity index (χ3v) is 6.36. The number of anilines is 1. The average molecular weight is 348 g/mol. The van der Waals surface area contributed by atoms with Gasteiger partial charge in [0.05, 0.1) is 6.61 Å². The normalized spacial score (nSPS) is 14.8. The highest BCUT2D eigenvalue weighted by atomic mass is 31.2. The number of hydrogen-bond donors (Lipinski definition) is 1. The van der Waals surface area contributed by atoms with E-state index in [0.29, 0.717) is 17.5 Å². The van der Waals surface area contributed by atoms with Crippen molar-refractivity contribution in [3.05, 3.63) is 54.4 Å². The molecule has 2 atom stereocenters. The number of nitrogens with zero attached hydrogens (tertiary/aromatic N) is 2. The summed E-state index contributed by atoms with van der Waals surface area (Å²) in [6, 6.07) is 10.6. The molecule has 0 saturated heterocycles. The van der Waals surface area contributed by atoms with Gasteiger partial charge >= 0.3 is 0 Å². The van der Waals surface area contributed by atoms with Gasteiger partial charge in [0.2, 0.25) is 0 Å². The van der Waals surface area contributed by atoms with Crippen molar-refractivity contribution in [3.8, 4) is 0 Å². The molecule has 1 aromatic carbocycles. The fraction of sp³-hybridized carbons (Fsp3) is 0.389. The zero-order valence-electron chi connectivity index (χ0n) is 14.4. The summed E-state index contributed by atoms with van der Waals surface area (Å²) in [6.07, 6.45) is 4.88. The first-order chi connectivity index (χ1) is 11.5. The second-order valence-corrected chi connectivity index (χ2v) is 8.31. The summed E-state index contributed by atoms with van der Waals surface area (Å²) in [6.45, 7) is 2.39. The van der Waals surface area contributed by atoms with Crippen LogP contribution in [0.2, 0.25) is 0 Å². The Morgan fingerprint density at radius 3 is 2.33 bits per heavy atom. The van der Waals surface area contributed by atoms with Gasteiger partial charge in [0.15, 0.2) is 5.85 Å². The van der Waals surface area contributed by atoms with Gasteiger partial charge in [-0.05, 0) is 48.4 Å². The zero-order valence-corrected chi connectivity index (χ0v) is 15.3. The molecule has 0 aliphatic carbocycles. The Hall–Kier alpha value is -1.68. The Labute approximate surface area is 143 Å². The summed E-state index contributed by atoms with van der Waals surface area (Å²) >= 11 is 0. The second kappa shape index (κ2) is 8.43. The standard InChI is InChI=1S/C18H25N2O3P/c1-4-5-14-23-24(22,18(21)15-10-12-19-13-11-15)17-8-6-16(7-9-17)20(2)3/h6-13,18,21H,4-5,14H2,1-3H3/t18-,24-/m1/s1. The molecular formula is C18H25N2O3P. The summed E-state index contributed by atoms with van der Waals surface area (Å²) in [5.41, 5.74) is 1.54. The highest BCUT2D eigenvalue weighted by Gasteiger charge is 2.36. The van der Waals surface area contributed by atoms with Crippen LogP contribution in [0.3, 0.4) is 0 Å². The van der Waals surface area contributed by atoms with E-state index in [4.69, 9.17) is 4.52 Å². The molecule has 2 aromatic rings. The Kier molecular flexibility index (Phi) is 6.55. The highest BCUT2D eigenvalue weighted by Crippen LogP contribution is 2.57. The number of aliphatic hydroxyl groups excluding tert-OH is 1. The molecule has 24 heavy (non-hydrogen) atoms. The van der Waals surface area contributed by atoms with Crippen LogP contribution in [0.25, 0.3) is 0 Å². The molecule has 1 heterocycles. The highest BCUT2D eigenvalue weighted by molar-refractivity contribution is 7.67. The van der Waals surface area contributed by atoms with Gasteiger partial charge in [-0.2, -0.15) is 0 Å². The minimum absolute atomic E-state index is 0.353. The van der Waals surface area contributed by atoms with Gasteiger partial charge in [0.1, 0.15) is 0 Å². The van der Waals surface area contributed by atoms with Crippen LogP contribution in [0, 0.1) is 0 Å². The van der Waals surface area contributed by atoms with Crippen LogP contribution < -0.4 is 10.2 Å². The molecule has 0 fully saturated rings. The molecule has 0 spiro atoms. The van der Waals surface area contributed by atoms with E-state index in [1.54, 1.807) is 36.7 Å². The van der Waals surface area contributed by atoms with Gasteiger partial charge in [0, 0.05) is 37.5 Å². The topological polar surface area (TPSA) is 62.7 Å². The van der Waals surface area contributed by atoms with Crippen LogP contribution >= 0.6 is 7.37 Å². The van der Waals surface area contributed by atoms with E-state index in [9.17, 15) is 9.67 Å². The second-order valence-electron chi connectivity index (χ2n) is 5.85. The first-order valence-electron chi connectivity index (χ1n) is 8.09. The van der Waals surface area contributed by atoms with Crippen LogP contribution in [-0.2, 0) is 9.09 Å². The Morgan fingerprint density at radius 1 is 1.17 bits per heavy atom. The molecule has 6 heteroatoms. The van der Waals surface area contributed by atoms with E-state index in [0.717, 1.165) is 18.5 Å². The molecule has 0 amide bonds. The SMILES string of the molecule is CCCCO[P@](=O)(c1ccc(N(C)C)cc1)[C@@H](O)c1ccncc1. The lowest BCUT2D eigenvalue weighted by atomic mass is 10.3. The molecule has 0 unspecified atom stereocenters. The van der Waals surface area contributed by atoms with E-state index in [1.165, 1.54) is 0 Å². The summed E-state index contributed by atoms with van der Waals surface area (Å²) in [5, 5.41) is 11.3. The largest absolute Gasteiger partial charge is 0.378 e. The third-order valence-electron chi connectivity index (χ3n) is 3.83. The number of aromatic nitrogens is 1. The van der Waals surface area contributed by atoms with Crippen molar-refractivity contribution in [2.45, 2.75) is 25.6 Å². The molecule has 2 rings (SSSR count). The minimum atomic E-state index is -3.46. The van der Waals surface area contributed by atoms with Crippen molar-refractivity contribution in [1.29, 1.82) is 0 Å². The van der Waals surface area contributed by atoms with Crippen LogP contribution in [-0.4, -0.2) is 30.8 Å². The Bertz CT molecular complexity index is 674. The molecule has 1 N–H and O–H groups in total. The number of rotatable bonds is 8. The predicted molar refractivity (Wildman–Crippen MR) is 98.1 cm³/mol. The first kappa shape index (κ1) is 18.7. The zero-order chi connectivity index (χ0) is 17.6. The fourth-order valence-corrected chi connectivity index (χ4v) is 4.42. The molecule has 0 bridgehead atoms. The van der Waals surface area contributed by atoms with Crippen molar-refractivity contribution in [2.24, 2.45) is 0 Å². The molecular weight excluding hydrogens is 323 g/mol. The van der Waals surface area contributed by atoms with Crippen molar-refractivity contribution in [1.82, 2.24) is 4.98 Å². The van der Waals surface area contributed by atoms with E-state index in [2.05, 4.69) is 4.98 Å². The molecule has 130 valence electrons. The average Bonchev–Trinajstić information content (AvgIpc) is 2.62. The first-order valence-corrected chi connectivity index (χ1v) is 9.78. The van der Waals surface area contributed by atoms with Crippen molar-refractivity contribution < 1.29 is 14.2 Å². The van der Waals surface area contributed by atoms with Gasteiger partial charge in [-0.25, -0.2) is 0 Å². The number of aliphatic hydroxyl groups is 1. The smallest absolute Gasteiger partial charge is 0.264 e. The van der Waals surface area contributed by atoms with Crippen LogP contribution in [0.5, 0.6) is 0 Å². The van der Waals surface area contributed by atoms with Crippen LogP contribution in [0.15, 0.2) is 48.8 Å². The number of unbranched alkanes of at least 4 members (excludes halogenated alkanes) is 1. The Morgan fingerprint density at radius 2 is 1.79 bits per heavy atom. The molecule has 1 aromatic heterocycles. The third kappa shape index (κ3) is 4.23. The van der Waals surface area contributed by atoms with E-state index >= 15 is 0 Å². The van der Waals surface area contributed by atoms with Gasteiger partial charge in [-0.15, -0.1) is 0 Å². The molecule has 0 aliphatic rings. The van der Waals surface area contributed by atoms with Crippen molar-refractivity contribution in [3.63, 3.8) is 0 Å². The molecule has 0 aliphatic heterocycles. The summed E-state index contributed by atoms with van der Waals surface area (Å²) in [7, 11) is 0.430. The van der Waals surface area contributed by atoms with Crippen LogP contribution in [0.4, 0.5) is 5.69 Å². The van der Waals surface area contributed by atoms with E-state index < -0.39 is 13.2 Å². The molecule has 5 nitrogen and oxygen atoms in total. The van der Waals surface area contributed by atoms with Gasteiger partial charge < -0.3 is 14.5 Å².